The summed E-state index contributed by atoms with van der Waals surface area (Å²) in [6.45, 7) is 17.1. The minimum atomic E-state index is -1.23. The summed E-state index contributed by atoms with van der Waals surface area (Å²) < 4.78 is 30.0. The minimum absolute atomic E-state index is 0.00664. The van der Waals surface area contributed by atoms with Gasteiger partial charge in [-0.1, -0.05) is 79.1 Å². The normalized spacial score (nSPS) is 15.3. The Hall–Kier alpha value is -6.07. The van der Waals surface area contributed by atoms with Crippen molar-refractivity contribution in [2.75, 3.05) is 39.6 Å². The fraction of sp³-hybridized carbons (Fsp3) is 0.800. The maximum atomic E-state index is 12.0. The minimum Gasteiger partial charge on any atom is -0.481 e. The van der Waals surface area contributed by atoms with Crippen LogP contribution < -0.4 is 10.6 Å². The van der Waals surface area contributed by atoms with Crippen molar-refractivity contribution in [1.82, 2.24) is 10.6 Å². The fourth-order valence-electron chi connectivity index (χ4n) is 6.58. The van der Waals surface area contributed by atoms with Gasteiger partial charge in [-0.15, -0.1) is 0 Å². The molecule has 3 unspecified atom stereocenters. The molecule has 1 aliphatic rings. The largest absolute Gasteiger partial charge is 0.481 e. The van der Waals surface area contributed by atoms with Crippen LogP contribution in [0.2, 0.25) is 0 Å². The predicted molar refractivity (Wildman–Crippen MR) is 285 cm³/mol. The first-order chi connectivity index (χ1) is 36.9. The number of hydrogen-bond donors (Lipinski definition) is 7. The molecule has 0 saturated heterocycles. The number of carbonyl (C=O) groups is 11. The summed E-state index contributed by atoms with van der Waals surface area (Å²) in [5.41, 5.74) is -1.91. The van der Waals surface area contributed by atoms with Crippen molar-refractivity contribution in [1.29, 1.82) is 0 Å². The molecule has 2 amide bonds. The van der Waals surface area contributed by atoms with E-state index in [0.29, 0.717) is 51.4 Å². The van der Waals surface area contributed by atoms with Crippen LogP contribution in [-0.2, 0) is 76.4 Å². The summed E-state index contributed by atoms with van der Waals surface area (Å²) in [6, 6.07) is -0.304. The van der Waals surface area contributed by atoms with Crippen molar-refractivity contribution in [3.05, 3.63) is 0 Å². The van der Waals surface area contributed by atoms with Crippen molar-refractivity contribution in [2.45, 2.75) is 216 Å². The summed E-state index contributed by atoms with van der Waals surface area (Å²) in [7, 11) is 0. The zero-order valence-electron chi connectivity index (χ0n) is 48.4. The average Bonchev–Trinajstić information content (AvgIpc) is 3.39. The van der Waals surface area contributed by atoms with Crippen LogP contribution >= 0.6 is 0 Å². The zero-order valence-corrected chi connectivity index (χ0v) is 48.4. The van der Waals surface area contributed by atoms with E-state index in [1.807, 2.05) is 27.7 Å². The Morgan fingerprint density at radius 1 is 0.532 bits per heavy atom. The second kappa shape index (κ2) is 41.0. The van der Waals surface area contributed by atoms with E-state index in [1.165, 1.54) is 25.7 Å². The topological polar surface area (TPSA) is 368 Å². The number of nitrogens with one attached hydrogen (secondary N) is 2. The highest BCUT2D eigenvalue weighted by Gasteiger charge is 2.32. The first-order valence-corrected chi connectivity index (χ1v) is 27.5. The Kier molecular flexibility index (Phi) is 38.9. The lowest BCUT2D eigenvalue weighted by Crippen LogP contribution is -2.45. The summed E-state index contributed by atoms with van der Waals surface area (Å²) >= 11 is 0. The summed E-state index contributed by atoms with van der Waals surface area (Å²) in [5, 5.41) is 50.6. The van der Waals surface area contributed by atoms with Crippen LogP contribution in [0.1, 0.15) is 198 Å². The maximum Gasteiger partial charge on any atom is 0.320 e. The van der Waals surface area contributed by atoms with E-state index in [1.54, 1.807) is 34.6 Å². The number of ether oxygens (including phenoxy) is 6. The van der Waals surface area contributed by atoms with E-state index in [0.717, 1.165) is 19.3 Å². The number of carbonyl (C=O) groups excluding carboxylic acids is 7. The molecule has 0 radical (unpaired) electrons. The molecular weight excluding hydrogens is 1040 g/mol. The summed E-state index contributed by atoms with van der Waals surface area (Å²) in [5.74, 6) is -9.63. The molecule has 456 valence electrons. The lowest BCUT2D eigenvalue weighted by Gasteiger charge is -2.26. The molecule has 24 nitrogen and oxygen atoms in total. The van der Waals surface area contributed by atoms with Crippen LogP contribution in [0.4, 0.5) is 4.79 Å². The molecule has 1 fully saturated rings. The molecule has 0 bridgehead atoms. The van der Waals surface area contributed by atoms with Crippen LogP contribution in [-0.4, -0.2) is 149 Å². The second-order valence-corrected chi connectivity index (χ2v) is 21.4. The van der Waals surface area contributed by atoms with Gasteiger partial charge < -0.3 is 64.6 Å². The lowest BCUT2D eigenvalue weighted by atomic mass is 9.86. The molecule has 0 aliphatic heterocycles. The number of amides is 2. The molecule has 0 aromatic carbocycles. The molecular formula is C55H94N2O22. The molecule has 3 atom stereocenters. The van der Waals surface area contributed by atoms with Gasteiger partial charge in [0.2, 0.25) is 0 Å². The third-order valence-corrected chi connectivity index (χ3v) is 13.3. The number of unbranched alkanes of at least 4 members (excludes halogenated alkanes) is 7. The number of carboxylic acid groups (broad SMARTS) is 4. The van der Waals surface area contributed by atoms with Crippen LogP contribution in [0, 0.1) is 28.1 Å². The maximum absolute atomic E-state index is 12.0. The van der Waals surface area contributed by atoms with Crippen LogP contribution in [0.15, 0.2) is 0 Å². The molecule has 0 spiro atoms. The van der Waals surface area contributed by atoms with Crippen molar-refractivity contribution >= 4 is 65.7 Å². The van der Waals surface area contributed by atoms with E-state index < -0.39 is 121 Å². The summed E-state index contributed by atoms with van der Waals surface area (Å²) in [6.07, 6.45) is 9.17. The van der Waals surface area contributed by atoms with Crippen LogP contribution in [0.5, 0.6) is 0 Å². The number of hydrogen-bond acceptors (Lipinski definition) is 18. The van der Waals surface area contributed by atoms with Gasteiger partial charge in [0, 0.05) is 6.04 Å². The first kappa shape index (κ1) is 75.0. The van der Waals surface area contributed by atoms with E-state index in [-0.39, 0.29) is 63.2 Å². The van der Waals surface area contributed by atoms with E-state index >= 15 is 0 Å². The number of rotatable bonds is 37. The quantitative estimate of drug-likeness (QED) is 0.0140. The van der Waals surface area contributed by atoms with Gasteiger partial charge in [0.25, 0.3) is 0 Å². The zero-order chi connectivity index (χ0) is 60.8. The molecule has 0 heterocycles. The third kappa shape index (κ3) is 36.7. The average molecular weight is 1140 g/mol. The Labute approximate surface area is 465 Å². The van der Waals surface area contributed by atoms with E-state index in [4.69, 9.17) is 43.7 Å². The van der Waals surface area contributed by atoms with Crippen molar-refractivity contribution in [3.63, 3.8) is 0 Å². The Balaban J connectivity index is 0. The van der Waals surface area contributed by atoms with E-state index in [9.17, 15) is 63.0 Å². The number of aliphatic hydroxyl groups is 1. The number of carboxylic acids is 4. The molecule has 0 aromatic heterocycles. The molecule has 1 aliphatic carbocycles. The molecule has 0 aromatic rings. The molecule has 7 N–H and O–H groups in total. The van der Waals surface area contributed by atoms with Crippen LogP contribution in [0.25, 0.3) is 0 Å². The van der Waals surface area contributed by atoms with Crippen LogP contribution in [0.3, 0.4) is 0 Å². The molecule has 1 saturated carbocycles. The van der Waals surface area contributed by atoms with Crippen molar-refractivity contribution < 1.29 is 107 Å². The number of aliphatic carboxylic acids is 4. The Bertz CT molecular complexity index is 1890. The number of urea groups is 1. The Morgan fingerprint density at radius 3 is 1.44 bits per heavy atom. The smallest absolute Gasteiger partial charge is 0.320 e. The van der Waals surface area contributed by atoms with Gasteiger partial charge in [-0.25, -0.2) is 4.79 Å². The van der Waals surface area contributed by atoms with Gasteiger partial charge in [-0.2, -0.15) is 0 Å². The standard InChI is InChI=1S/C22H40O7.C17H26O10.C16H28N2O5/c1-5-7-8-9-10-11-12-13-14-18(19(24)25)20(26)28-15-17(23)16-29-21(27)22(3,4)6-2;1-4-17(2,3)16(24)26-10-11(27-15(23)8-6-13(20)21)9-25-14(22)7-5-12(18)19;1-4-16(2,3)14(21)23-10-9-17-15(22)18-12-7-5-11(6-8-12)13(19)20/h17-18,23H,5-16H2,1-4H3,(H,24,25);11H,4-10H2,1-3H3,(H,18,19)(H,20,21);11-12H,4-10H2,1-3H3,(H,19,20)(H2,17,18,22). The van der Waals surface area contributed by atoms with Gasteiger partial charge in [-0.3, -0.25) is 47.9 Å². The summed E-state index contributed by atoms with van der Waals surface area (Å²) in [4.78, 5) is 126. The highest BCUT2D eigenvalue weighted by atomic mass is 16.6. The van der Waals surface area contributed by atoms with Gasteiger partial charge in [0.15, 0.2) is 12.0 Å². The third-order valence-electron chi connectivity index (χ3n) is 13.3. The highest BCUT2D eigenvalue weighted by molar-refractivity contribution is 5.93. The first-order valence-electron chi connectivity index (χ1n) is 27.5. The number of aliphatic hydroxyl groups excluding tert-OH is 1. The SMILES string of the molecule is CCC(C)(C)C(=O)OCC(COC(=O)CCC(=O)O)OC(=O)CCC(=O)O.CCC(C)(C)C(=O)OCCNC(=O)NC1CCC(C(=O)O)CC1.CCCCCCCCCCC(C(=O)O)C(=O)OCC(O)COC(=O)C(C)(C)CC. The molecule has 1 rings (SSSR count). The Morgan fingerprint density at radius 2 is 0.975 bits per heavy atom. The number of esters is 6. The fourth-order valence-corrected chi connectivity index (χ4v) is 6.58. The predicted octanol–water partition coefficient (Wildman–Crippen LogP) is 7.16. The van der Waals surface area contributed by atoms with Gasteiger partial charge in [-0.05, 0) is 92.9 Å². The molecule has 79 heavy (non-hydrogen) atoms. The van der Waals surface area contributed by atoms with Crippen molar-refractivity contribution in [2.24, 2.45) is 28.1 Å². The van der Waals surface area contributed by atoms with E-state index in [2.05, 4.69) is 17.6 Å². The van der Waals surface area contributed by atoms with Gasteiger partial charge in [0.05, 0.1) is 54.4 Å². The molecule has 24 heteroatoms. The van der Waals surface area contributed by atoms with Gasteiger partial charge in [0.1, 0.15) is 39.1 Å². The van der Waals surface area contributed by atoms with Crippen molar-refractivity contribution in [3.8, 4) is 0 Å². The van der Waals surface area contributed by atoms with Gasteiger partial charge >= 0.3 is 65.7 Å². The monoisotopic (exact) mass is 1130 g/mol. The lowest BCUT2D eigenvalue weighted by molar-refractivity contribution is -0.171. The highest BCUT2D eigenvalue weighted by Crippen LogP contribution is 2.26. The second-order valence-electron chi connectivity index (χ2n) is 21.4.